The second kappa shape index (κ2) is 4.45. The number of hydrogen-bond acceptors (Lipinski definition) is 3. The van der Waals surface area contributed by atoms with Gasteiger partial charge in [0.15, 0.2) is 0 Å². The van der Waals surface area contributed by atoms with E-state index in [1.54, 1.807) is 13.3 Å². The van der Waals surface area contributed by atoms with Crippen molar-refractivity contribution in [3.8, 4) is 16.9 Å². The van der Waals surface area contributed by atoms with E-state index in [0.717, 1.165) is 22.4 Å². The molecule has 0 saturated carbocycles. The van der Waals surface area contributed by atoms with Gasteiger partial charge >= 0.3 is 0 Å². The fourth-order valence-electron chi connectivity index (χ4n) is 1.78. The molecule has 0 fully saturated rings. The topological polar surface area (TPSA) is 48.1 Å². The van der Waals surface area contributed by atoms with Gasteiger partial charge in [-0.15, -0.1) is 0 Å². The van der Waals surface area contributed by atoms with E-state index >= 15 is 0 Å². The minimum absolute atomic E-state index is 0.570. The van der Waals surface area contributed by atoms with Crippen LogP contribution in [0.15, 0.2) is 30.5 Å². The smallest absolute Gasteiger partial charge is 0.126 e. The van der Waals surface area contributed by atoms with Crippen LogP contribution in [0.1, 0.15) is 11.1 Å². The summed E-state index contributed by atoms with van der Waals surface area (Å²) in [6.45, 7) is 4.01. The lowest BCUT2D eigenvalue weighted by Gasteiger charge is -2.10. The van der Waals surface area contributed by atoms with Crippen molar-refractivity contribution in [2.45, 2.75) is 13.8 Å². The number of benzene rings is 1. The van der Waals surface area contributed by atoms with Crippen LogP contribution < -0.4 is 10.5 Å². The minimum Gasteiger partial charge on any atom is -0.496 e. The van der Waals surface area contributed by atoms with E-state index in [1.807, 2.05) is 25.1 Å². The SMILES string of the molecule is COc1ccc(C)cc1-c1cnc(N)c(C)c1. The number of nitrogen functional groups attached to an aromatic ring is 1. The van der Waals surface area contributed by atoms with Gasteiger partial charge in [0.05, 0.1) is 7.11 Å². The third kappa shape index (κ3) is 2.23. The first-order valence-electron chi connectivity index (χ1n) is 5.49. The van der Waals surface area contributed by atoms with E-state index in [2.05, 4.69) is 18.0 Å². The van der Waals surface area contributed by atoms with E-state index in [-0.39, 0.29) is 0 Å². The molecule has 17 heavy (non-hydrogen) atoms. The highest BCUT2D eigenvalue weighted by atomic mass is 16.5. The number of rotatable bonds is 2. The number of methoxy groups -OCH3 is 1. The Labute approximate surface area is 101 Å². The molecule has 0 saturated heterocycles. The van der Waals surface area contributed by atoms with Crippen molar-refractivity contribution >= 4 is 5.82 Å². The van der Waals surface area contributed by atoms with Crippen molar-refractivity contribution in [1.29, 1.82) is 0 Å². The zero-order valence-electron chi connectivity index (χ0n) is 10.3. The Morgan fingerprint density at radius 1 is 1.18 bits per heavy atom. The summed E-state index contributed by atoms with van der Waals surface area (Å²) in [4.78, 5) is 4.18. The fourth-order valence-corrected chi connectivity index (χ4v) is 1.78. The molecule has 88 valence electrons. The van der Waals surface area contributed by atoms with Gasteiger partial charge in [0.2, 0.25) is 0 Å². The Hall–Kier alpha value is -2.03. The molecular formula is C14H16N2O. The van der Waals surface area contributed by atoms with Gasteiger partial charge in [-0.25, -0.2) is 4.98 Å². The van der Waals surface area contributed by atoms with Crippen molar-refractivity contribution in [1.82, 2.24) is 4.98 Å². The largest absolute Gasteiger partial charge is 0.496 e. The summed E-state index contributed by atoms with van der Waals surface area (Å²) in [7, 11) is 1.67. The van der Waals surface area contributed by atoms with Gasteiger partial charge in [-0.05, 0) is 37.6 Å². The van der Waals surface area contributed by atoms with Crippen LogP contribution in [0.3, 0.4) is 0 Å². The van der Waals surface area contributed by atoms with Gasteiger partial charge < -0.3 is 10.5 Å². The van der Waals surface area contributed by atoms with Gasteiger partial charge in [-0.2, -0.15) is 0 Å². The molecule has 0 aliphatic carbocycles. The first kappa shape index (κ1) is 11.5. The van der Waals surface area contributed by atoms with Crippen LogP contribution in [0.4, 0.5) is 5.82 Å². The fraction of sp³-hybridized carbons (Fsp3) is 0.214. The Balaban J connectivity index is 2.58. The van der Waals surface area contributed by atoms with E-state index in [1.165, 1.54) is 5.56 Å². The minimum atomic E-state index is 0.570. The van der Waals surface area contributed by atoms with Crippen LogP contribution in [0, 0.1) is 13.8 Å². The van der Waals surface area contributed by atoms with Gasteiger partial charge in [0.25, 0.3) is 0 Å². The number of aryl methyl sites for hydroxylation is 2. The molecule has 0 amide bonds. The normalized spacial score (nSPS) is 10.3. The number of hydrogen-bond donors (Lipinski definition) is 1. The Morgan fingerprint density at radius 2 is 1.94 bits per heavy atom. The summed E-state index contributed by atoms with van der Waals surface area (Å²) in [6, 6.07) is 8.11. The summed E-state index contributed by atoms with van der Waals surface area (Å²) < 4.78 is 5.37. The predicted octanol–water partition coefficient (Wildman–Crippen LogP) is 2.96. The first-order valence-corrected chi connectivity index (χ1v) is 5.49. The first-order chi connectivity index (χ1) is 8.11. The number of aromatic nitrogens is 1. The average molecular weight is 228 g/mol. The number of nitrogens with zero attached hydrogens (tertiary/aromatic N) is 1. The molecule has 1 aromatic carbocycles. The molecule has 0 spiro atoms. The van der Waals surface area contributed by atoms with Gasteiger partial charge in [-0.3, -0.25) is 0 Å². The van der Waals surface area contributed by atoms with E-state index in [4.69, 9.17) is 10.5 Å². The maximum atomic E-state index is 5.72. The summed E-state index contributed by atoms with van der Waals surface area (Å²) in [5.74, 6) is 1.42. The second-order valence-electron chi connectivity index (χ2n) is 4.13. The molecule has 0 atom stereocenters. The predicted molar refractivity (Wildman–Crippen MR) is 70.1 cm³/mol. The molecule has 0 radical (unpaired) electrons. The molecule has 2 aromatic rings. The Kier molecular flexibility index (Phi) is 3.00. The summed E-state index contributed by atoms with van der Waals surface area (Å²) in [6.07, 6.45) is 1.78. The van der Waals surface area contributed by atoms with Crippen LogP contribution in [-0.2, 0) is 0 Å². The highest BCUT2D eigenvalue weighted by molar-refractivity contribution is 5.72. The highest BCUT2D eigenvalue weighted by Gasteiger charge is 2.07. The maximum absolute atomic E-state index is 5.72. The van der Waals surface area contributed by atoms with Crippen molar-refractivity contribution in [3.63, 3.8) is 0 Å². The quantitative estimate of drug-likeness (QED) is 0.859. The maximum Gasteiger partial charge on any atom is 0.126 e. The van der Waals surface area contributed by atoms with Crippen molar-refractivity contribution in [3.05, 3.63) is 41.6 Å². The monoisotopic (exact) mass is 228 g/mol. The summed E-state index contributed by atoms with van der Waals surface area (Å²) in [5.41, 5.74) is 9.96. The molecule has 0 aliphatic rings. The van der Waals surface area contributed by atoms with Gasteiger partial charge in [0.1, 0.15) is 11.6 Å². The summed E-state index contributed by atoms with van der Waals surface area (Å²) >= 11 is 0. The van der Waals surface area contributed by atoms with Crippen LogP contribution in [0.5, 0.6) is 5.75 Å². The molecule has 3 heteroatoms. The van der Waals surface area contributed by atoms with Crippen LogP contribution in [0.2, 0.25) is 0 Å². The molecule has 0 bridgehead atoms. The van der Waals surface area contributed by atoms with Crippen molar-refractivity contribution in [2.24, 2.45) is 0 Å². The Morgan fingerprint density at radius 3 is 2.59 bits per heavy atom. The van der Waals surface area contributed by atoms with Crippen molar-refractivity contribution < 1.29 is 4.74 Å². The molecule has 0 aliphatic heterocycles. The number of ether oxygens (including phenoxy) is 1. The molecule has 1 heterocycles. The van der Waals surface area contributed by atoms with Crippen molar-refractivity contribution in [2.75, 3.05) is 12.8 Å². The molecule has 0 unspecified atom stereocenters. The lowest BCUT2D eigenvalue weighted by atomic mass is 10.0. The molecule has 1 aromatic heterocycles. The average Bonchev–Trinajstić information content (AvgIpc) is 2.32. The zero-order chi connectivity index (χ0) is 12.4. The van der Waals surface area contributed by atoms with Crippen LogP contribution in [-0.4, -0.2) is 12.1 Å². The van der Waals surface area contributed by atoms with E-state index in [0.29, 0.717) is 5.82 Å². The highest BCUT2D eigenvalue weighted by Crippen LogP contribution is 2.31. The van der Waals surface area contributed by atoms with E-state index in [9.17, 15) is 0 Å². The third-order valence-corrected chi connectivity index (χ3v) is 2.78. The van der Waals surface area contributed by atoms with Gasteiger partial charge in [-0.1, -0.05) is 11.6 Å². The van der Waals surface area contributed by atoms with Gasteiger partial charge in [0, 0.05) is 17.3 Å². The number of nitrogens with two attached hydrogens (primary N) is 1. The third-order valence-electron chi connectivity index (χ3n) is 2.78. The lowest BCUT2D eigenvalue weighted by molar-refractivity contribution is 0.416. The summed E-state index contributed by atoms with van der Waals surface area (Å²) in [5, 5.41) is 0. The Bertz CT molecular complexity index is 550. The standard InChI is InChI=1S/C14H16N2O/c1-9-4-5-13(17-3)12(6-9)11-7-10(2)14(15)16-8-11/h4-8H,1-3H3,(H2,15,16). The number of anilines is 1. The number of pyridine rings is 1. The molecule has 3 nitrogen and oxygen atoms in total. The molecular weight excluding hydrogens is 212 g/mol. The molecule has 2 N–H and O–H groups in total. The lowest BCUT2D eigenvalue weighted by Crippen LogP contribution is -1.95. The second-order valence-corrected chi connectivity index (χ2v) is 4.13. The van der Waals surface area contributed by atoms with Crippen LogP contribution in [0.25, 0.3) is 11.1 Å². The van der Waals surface area contributed by atoms with Crippen LogP contribution >= 0.6 is 0 Å². The van der Waals surface area contributed by atoms with E-state index < -0.39 is 0 Å². The zero-order valence-corrected chi connectivity index (χ0v) is 10.3. The molecule has 2 rings (SSSR count).